The molecule has 0 bridgehead atoms. The van der Waals surface area contributed by atoms with Crippen LogP contribution in [0, 0.1) is 5.82 Å². The molecule has 1 aromatic rings. The van der Waals surface area contributed by atoms with Crippen molar-refractivity contribution in [2.24, 2.45) is 0 Å². The number of hydrogen-bond donors (Lipinski definition) is 1. The third kappa shape index (κ3) is 2.61. The number of rotatable bonds is 2. The molecular formula is C12H12ClFN2O2. The highest BCUT2D eigenvalue weighted by Gasteiger charge is 2.29. The highest BCUT2D eigenvalue weighted by atomic mass is 35.5. The first-order valence-corrected chi connectivity index (χ1v) is 5.87. The molecule has 1 aromatic carbocycles. The third-order valence-electron chi connectivity index (χ3n) is 2.77. The molecule has 1 aliphatic heterocycles. The monoisotopic (exact) mass is 270 g/mol. The minimum atomic E-state index is -0.537. The van der Waals surface area contributed by atoms with E-state index in [1.165, 1.54) is 23.1 Å². The second kappa shape index (κ2) is 4.94. The SMILES string of the molecule is CC1NC(=O)CN(Cc2ccc(F)cc2Cl)C1=O. The van der Waals surface area contributed by atoms with Gasteiger partial charge >= 0.3 is 0 Å². The van der Waals surface area contributed by atoms with Gasteiger partial charge in [0.1, 0.15) is 11.9 Å². The minimum absolute atomic E-state index is 0.00310. The molecule has 1 atom stereocenters. The summed E-state index contributed by atoms with van der Waals surface area (Å²) in [5.74, 6) is -0.810. The lowest BCUT2D eigenvalue weighted by molar-refractivity contribution is -0.144. The summed E-state index contributed by atoms with van der Waals surface area (Å²) in [6.45, 7) is 1.82. The molecule has 0 saturated carbocycles. The number of hydrogen-bond acceptors (Lipinski definition) is 2. The zero-order chi connectivity index (χ0) is 13.3. The molecular weight excluding hydrogens is 259 g/mol. The Bertz CT molecular complexity index is 507. The lowest BCUT2D eigenvalue weighted by atomic mass is 10.1. The Hall–Kier alpha value is -1.62. The summed E-state index contributed by atoms with van der Waals surface area (Å²) in [5, 5.41) is 2.80. The number of piperazine rings is 1. The maximum absolute atomic E-state index is 12.9. The second-order valence-corrected chi connectivity index (χ2v) is 4.63. The first-order chi connectivity index (χ1) is 8.47. The Labute approximate surface area is 109 Å². The molecule has 1 unspecified atom stereocenters. The molecule has 1 saturated heterocycles. The zero-order valence-corrected chi connectivity index (χ0v) is 10.5. The van der Waals surface area contributed by atoms with Gasteiger partial charge in [-0.25, -0.2) is 4.39 Å². The van der Waals surface area contributed by atoms with Crippen LogP contribution in [0.25, 0.3) is 0 Å². The molecule has 6 heteroatoms. The topological polar surface area (TPSA) is 49.4 Å². The van der Waals surface area contributed by atoms with E-state index < -0.39 is 11.9 Å². The fraction of sp³-hybridized carbons (Fsp3) is 0.333. The van der Waals surface area contributed by atoms with Gasteiger partial charge in [-0.05, 0) is 24.6 Å². The van der Waals surface area contributed by atoms with E-state index in [2.05, 4.69) is 5.32 Å². The summed E-state index contributed by atoms with van der Waals surface area (Å²) >= 11 is 5.89. The van der Waals surface area contributed by atoms with E-state index in [0.29, 0.717) is 5.56 Å². The highest BCUT2D eigenvalue weighted by molar-refractivity contribution is 6.31. The van der Waals surface area contributed by atoms with E-state index in [-0.39, 0.29) is 29.9 Å². The maximum atomic E-state index is 12.9. The van der Waals surface area contributed by atoms with E-state index in [1.807, 2.05) is 0 Å². The third-order valence-corrected chi connectivity index (χ3v) is 3.12. The molecule has 0 aromatic heterocycles. The molecule has 2 amide bonds. The second-order valence-electron chi connectivity index (χ2n) is 4.22. The molecule has 4 nitrogen and oxygen atoms in total. The van der Waals surface area contributed by atoms with Crippen molar-refractivity contribution < 1.29 is 14.0 Å². The average Bonchev–Trinajstić information content (AvgIpc) is 2.29. The van der Waals surface area contributed by atoms with E-state index in [1.54, 1.807) is 6.92 Å². The number of carbonyl (C=O) groups is 2. The van der Waals surface area contributed by atoms with Crippen molar-refractivity contribution in [1.29, 1.82) is 0 Å². The van der Waals surface area contributed by atoms with Crippen molar-refractivity contribution in [2.45, 2.75) is 19.5 Å². The first-order valence-electron chi connectivity index (χ1n) is 5.49. The van der Waals surface area contributed by atoms with Crippen molar-refractivity contribution in [3.05, 3.63) is 34.6 Å². The number of nitrogens with zero attached hydrogens (tertiary/aromatic N) is 1. The molecule has 0 aliphatic carbocycles. The summed E-state index contributed by atoms with van der Waals surface area (Å²) in [6, 6.07) is 3.45. The van der Waals surface area contributed by atoms with Crippen LogP contribution >= 0.6 is 11.6 Å². The van der Waals surface area contributed by atoms with E-state index in [4.69, 9.17) is 11.6 Å². The van der Waals surface area contributed by atoms with Crippen LogP contribution in [-0.2, 0) is 16.1 Å². The normalized spacial score (nSPS) is 19.9. The van der Waals surface area contributed by atoms with Crippen molar-refractivity contribution in [2.75, 3.05) is 6.54 Å². The Kier molecular flexibility index (Phi) is 3.52. The summed E-state index contributed by atoms with van der Waals surface area (Å²) in [4.78, 5) is 24.6. The van der Waals surface area contributed by atoms with Crippen LogP contribution in [0.2, 0.25) is 5.02 Å². The largest absolute Gasteiger partial charge is 0.343 e. The van der Waals surface area contributed by atoms with Gasteiger partial charge in [0, 0.05) is 11.6 Å². The molecule has 1 heterocycles. The average molecular weight is 271 g/mol. The molecule has 1 N–H and O–H groups in total. The van der Waals surface area contributed by atoms with E-state index >= 15 is 0 Å². The molecule has 1 fully saturated rings. The highest BCUT2D eigenvalue weighted by Crippen LogP contribution is 2.20. The van der Waals surface area contributed by atoms with Gasteiger partial charge in [-0.15, -0.1) is 0 Å². The smallest absolute Gasteiger partial charge is 0.245 e. The number of halogens is 2. The molecule has 96 valence electrons. The van der Waals surface area contributed by atoms with E-state index in [9.17, 15) is 14.0 Å². The minimum Gasteiger partial charge on any atom is -0.343 e. The molecule has 18 heavy (non-hydrogen) atoms. The van der Waals surface area contributed by atoms with Gasteiger partial charge in [0.25, 0.3) is 0 Å². The van der Waals surface area contributed by atoms with Crippen LogP contribution < -0.4 is 5.32 Å². The number of nitrogens with one attached hydrogen (secondary N) is 1. The number of benzene rings is 1. The fourth-order valence-electron chi connectivity index (χ4n) is 1.86. The van der Waals surface area contributed by atoms with Gasteiger partial charge in [-0.2, -0.15) is 0 Å². The van der Waals surface area contributed by atoms with Crippen LogP contribution in [0.1, 0.15) is 12.5 Å². The van der Waals surface area contributed by atoms with Crippen LogP contribution in [0.3, 0.4) is 0 Å². The van der Waals surface area contributed by atoms with Crippen LogP contribution in [0.5, 0.6) is 0 Å². The van der Waals surface area contributed by atoms with Gasteiger partial charge < -0.3 is 10.2 Å². The lowest BCUT2D eigenvalue weighted by Gasteiger charge is -2.31. The van der Waals surface area contributed by atoms with Crippen molar-refractivity contribution in [3.63, 3.8) is 0 Å². The van der Waals surface area contributed by atoms with Crippen LogP contribution in [-0.4, -0.2) is 29.3 Å². The molecule has 0 spiro atoms. The van der Waals surface area contributed by atoms with Gasteiger partial charge in [0.05, 0.1) is 6.54 Å². The van der Waals surface area contributed by atoms with Gasteiger partial charge in [0.2, 0.25) is 11.8 Å². The predicted molar refractivity (Wildman–Crippen MR) is 64.4 cm³/mol. The van der Waals surface area contributed by atoms with Crippen molar-refractivity contribution in [1.82, 2.24) is 10.2 Å². The number of amides is 2. The number of carbonyl (C=O) groups excluding carboxylic acids is 2. The molecule has 0 radical (unpaired) electrons. The predicted octanol–water partition coefficient (Wildman–Crippen LogP) is 1.33. The Morgan fingerprint density at radius 2 is 2.22 bits per heavy atom. The van der Waals surface area contributed by atoms with Crippen LogP contribution in [0.15, 0.2) is 18.2 Å². The Balaban J connectivity index is 2.17. The summed E-state index contributed by atoms with van der Waals surface area (Å²) in [6.07, 6.45) is 0. The molecule has 2 rings (SSSR count). The zero-order valence-electron chi connectivity index (χ0n) is 9.74. The van der Waals surface area contributed by atoms with Gasteiger partial charge in [-0.3, -0.25) is 9.59 Å². The summed E-state index contributed by atoms with van der Waals surface area (Å²) in [7, 11) is 0. The van der Waals surface area contributed by atoms with Crippen molar-refractivity contribution >= 4 is 23.4 Å². The standard InChI is InChI=1S/C12H12ClFN2O2/c1-7-12(18)16(6-11(17)15-7)5-8-2-3-9(14)4-10(8)13/h2-4,7H,5-6H2,1H3,(H,15,17). The van der Waals surface area contributed by atoms with Gasteiger partial charge in [-0.1, -0.05) is 17.7 Å². The maximum Gasteiger partial charge on any atom is 0.245 e. The summed E-state index contributed by atoms with van der Waals surface area (Å²) < 4.78 is 12.9. The lowest BCUT2D eigenvalue weighted by Crippen LogP contribution is -2.56. The summed E-state index contributed by atoms with van der Waals surface area (Å²) in [5.41, 5.74) is 0.619. The van der Waals surface area contributed by atoms with E-state index in [0.717, 1.165) is 0 Å². The Morgan fingerprint density at radius 3 is 2.89 bits per heavy atom. The fourth-order valence-corrected chi connectivity index (χ4v) is 2.09. The Morgan fingerprint density at radius 1 is 1.50 bits per heavy atom. The first kappa shape index (κ1) is 12.8. The quantitative estimate of drug-likeness (QED) is 0.881. The van der Waals surface area contributed by atoms with Gasteiger partial charge in [0.15, 0.2) is 0 Å². The molecule has 1 aliphatic rings. The van der Waals surface area contributed by atoms with Crippen molar-refractivity contribution in [3.8, 4) is 0 Å². The van der Waals surface area contributed by atoms with Crippen LogP contribution in [0.4, 0.5) is 4.39 Å².